The second-order valence-electron chi connectivity index (χ2n) is 3.39. The van der Waals surface area contributed by atoms with E-state index in [1.165, 1.54) is 0 Å². The molecule has 0 aliphatic heterocycles. The first kappa shape index (κ1) is 11.7. The summed E-state index contributed by atoms with van der Waals surface area (Å²) in [6.45, 7) is 5.01. The molecule has 0 aromatic carbocycles. The van der Waals surface area contributed by atoms with E-state index in [0.29, 0.717) is 6.42 Å². The van der Waals surface area contributed by atoms with Gasteiger partial charge in [-0.3, -0.25) is 4.79 Å². The van der Waals surface area contributed by atoms with E-state index in [1.54, 1.807) is 20.8 Å². The third kappa shape index (κ3) is 3.31. The van der Waals surface area contributed by atoms with Gasteiger partial charge in [-0.2, -0.15) is 0 Å². The molecular weight excluding hydrogens is 172 g/mol. The van der Waals surface area contributed by atoms with E-state index in [-0.39, 0.29) is 0 Å². The highest BCUT2D eigenvalue weighted by atomic mass is 16.6. The molecule has 0 aromatic rings. The van der Waals surface area contributed by atoms with Crippen molar-refractivity contribution in [2.75, 3.05) is 0 Å². The Labute approximate surface area is 77.4 Å². The Hall–Kier alpha value is -1.26. The maximum absolute atomic E-state index is 10.9. The quantitative estimate of drug-likeness (QED) is 0.667. The zero-order valence-electron chi connectivity index (χ0n) is 8.16. The van der Waals surface area contributed by atoms with Crippen LogP contribution in [0.1, 0.15) is 27.2 Å². The summed E-state index contributed by atoms with van der Waals surface area (Å²) in [7, 11) is 0. The van der Waals surface area contributed by atoms with Crippen LogP contribution in [0.5, 0.6) is 0 Å². The number of hydrogen-bond donors (Lipinski definition) is 2. The van der Waals surface area contributed by atoms with Gasteiger partial charge in [-0.25, -0.2) is 4.79 Å². The summed E-state index contributed by atoms with van der Waals surface area (Å²) in [5.74, 6) is -1.01. The third-order valence-electron chi connectivity index (χ3n) is 1.95. The number of rotatable bonds is 4. The molecular formula is C8H16N2O3. The van der Waals surface area contributed by atoms with Gasteiger partial charge in [0.1, 0.15) is 5.60 Å². The van der Waals surface area contributed by atoms with Gasteiger partial charge >= 0.3 is 6.09 Å². The molecule has 5 nitrogen and oxygen atoms in total. The molecule has 0 heterocycles. The van der Waals surface area contributed by atoms with E-state index in [4.69, 9.17) is 16.2 Å². The SMILES string of the molecule is CCC(C(N)=O)C(C)(C)OC(N)=O. The Morgan fingerprint density at radius 1 is 1.38 bits per heavy atom. The van der Waals surface area contributed by atoms with Crippen molar-refractivity contribution in [3.05, 3.63) is 0 Å². The Balaban J connectivity index is 4.56. The normalized spacial score (nSPS) is 13.5. The maximum atomic E-state index is 10.9. The zero-order chi connectivity index (χ0) is 10.6. The van der Waals surface area contributed by atoms with E-state index in [9.17, 15) is 9.59 Å². The van der Waals surface area contributed by atoms with Crippen molar-refractivity contribution in [1.29, 1.82) is 0 Å². The van der Waals surface area contributed by atoms with Crippen LogP contribution in [-0.4, -0.2) is 17.6 Å². The van der Waals surface area contributed by atoms with Gasteiger partial charge in [0.2, 0.25) is 5.91 Å². The van der Waals surface area contributed by atoms with Crippen molar-refractivity contribution >= 4 is 12.0 Å². The molecule has 0 aliphatic rings. The van der Waals surface area contributed by atoms with Crippen molar-refractivity contribution in [2.45, 2.75) is 32.8 Å². The van der Waals surface area contributed by atoms with Gasteiger partial charge in [-0.15, -0.1) is 0 Å². The van der Waals surface area contributed by atoms with Crippen molar-refractivity contribution in [2.24, 2.45) is 17.4 Å². The highest BCUT2D eigenvalue weighted by molar-refractivity contribution is 5.78. The number of carbonyl (C=O) groups excluding carboxylic acids is 2. The number of hydrogen-bond acceptors (Lipinski definition) is 3. The first-order chi connectivity index (χ1) is 5.81. The molecule has 0 fully saturated rings. The van der Waals surface area contributed by atoms with E-state index in [1.807, 2.05) is 0 Å². The molecule has 13 heavy (non-hydrogen) atoms. The first-order valence-electron chi connectivity index (χ1n) is 4.09. The smallest absolute Gasteiger partial charge is 0.405 e. The lowest BCUT2D eigenvalue weighted by Crippen LogP contribution is -2.44. The number of primary amides is 2. The summed E-state index contributed by atoms with van der Waals surface area (Å²) >= 11 is 0. The molecule has 0 aliphatic carbocycles. The Kier molecular flexibility index (Phi) is 3.71. The summed E-state index contributed by atoms with van der Waals surface area (Å²) in [5.41, 5.74) is 9.06. The Morgan fingerprint density at radius 3 is 2.08 bits per heavy atom. The van der Waals surface area contributed by atoms with Crippen LogP contribution in [0.25, 0.3) is 0 Å². The molecule has 0 radical (unpaired) electrons. The number of carbonyl (C=O) groups is 2. The summed E-state index contributed by atoms with van der Waals surface area (Å²) in [5, 5.41) is 0. The van der Waals surface area contributed by atoms with E-state index >= 15 is 0 Å². The van der Waals surface area contributed by atoms with Gasteiger partial charge < -0.3 is 16.2 Å². The summed E-state index contributed by atoms with van der Waals surface area (Å²) in [4.78, 5) is 21.5. The summed E-state index contributed by atoms with van der Waals surface area (Å²) in [6, 6.07) is 0. The highest BCUT2D eigenvalue weighted by Crippen LogP contribution is 2.23. The first-order valence-corrected chi connectivity index (χ1v) is 4.09. The molecule has 5 heteroatoms. The van der Waals surface area contributed by atoms with Gasteiger partial charge in [-0.05, 0) is 20.3 Å². The largest absolute Gasteiger partial charge is 0.443 e. The van der Waals surface area contributed by atoms with E-state index < -0.39 is 23.5 Å². The van der Waals surface area contributed by atoms with Crippen LogP contribution in [0.4, 0.5) is 4.79 Å². The zero-order valence-corrected chi connectivity index (χ0v) is 8.16. The molecule has 1 unspecified atom stereocenters. The fourth-order valence-corrected chi connectivity index (χ4v) is 1.37. The molecule has 2 amide bonds. The lowest BCUT2D eigenvalue weighted by Gasteiger charge is -2.30. The number of ether oxygens (including phenoxy) is 1. The maximum Gasteiger partial charge on any atom is 0.405 e. The van der Waals surface area contributed by atoms with Gasteiger partial charge in [0.05, 0.1) is 5.92 Å². The minimum Gasteiger partial charge on any atom is -0.443 e. The van der Waals surface area contributed by atoms with Gasteiger partial charge in [0, 0.05) is 0 Å². The lowest BCUT2D eigenvalue weighted by molar-refractivity contribution is -0.129. The van der Waals surface area contributed by atoms with Crippen LogP contribution in [0, 0.1) is 5.92 Å². The van der Waals surface area contributed by atoms with Gasteiger partial charge in [0.15, 0.2) is 0 Å². The van der Waals surface area contributed by atoms with Gasteiger partial charge in [0.25, 0.3) is 0 Å². The molecule has 0 saturated heterocycles. The topological polar surface area (TPSA) is 95.4 Å². The molecule has 1 atom stereocenters. The second-order valence-corrected chi connectivity index (χ2v) is 3.39. The van der Waals surface area contributed by atoms with Gasteiger partial charge in [-0.1, -0.05) is 6.92 Å². The number of amides is 2. The standard InChI is InChI=1S/C8H16N2O3/c1-4-5(6(9)11)8(2,3)13-7(10)12/h5H,4H2,1-3H3,(H2,9,11)(H2,10,12). The van der Waals surface area contributed by atoms with Crippen molar-refractivity contribution in [3.8, 4) is 0 Å². The average Bonchev–Trinajstić information content (AvgIpc) is 1.82. The molecule has 0 rings (SSSR count). The number of nitrogens with two attached hydrogens (primary N) is 2. The Morgan fingerprint density at radius 2 is 1.85 bits per heavy atom. The minimum atomic E-state index is -0.938. The van der Waals surface area contributed by atoms with Crippen LogP contribution in [0.3, 0.4) is 0 Å². The van der Waals surface area contributed by atoms with Crippen molar-refractivity contribution in [3.63, 3.8) is 0 Å². The molecule has 76 valence electrons. The minimum absolute atomic E-state index is 0.492. The van der Waals surface area contributed by atoms with Crippen molar-refractivity contribution < 1.29 is 14.3 Å². The fraction of sp³-hybridized carbons (Fsp3) is 0.750. The summed E-state index contributed by atoms with van der Waals surface area (Å²) in [6.07, 6.45) is -0.389. The molecule has 0 aromatic heterocycles. The molecule has 4 N–H and O–H groups in total. The molecule has 0 spiro atoms. The predicted octanol–water partition coefficient (Wildman–Crippen LogP) is 0.372. The van der Waals surface area contributed by atoms with Crippen LogP contribution in [0.2, 0.25) is 0 Å². The van der Waals surface area contributed by atoms with Crippen LogP contribution < -0.4 is 11.5 Å². The van der Waals surface area contributed by atoms with Crippen molar-refractivity contribution in [1.82, 2.24) is 0 Å². The molecule has 0 saturated carbocycles. The predicted molar refractivity (Wildman–Crippen MR) is 47.7 cm³/mol. The summed E-state index contributed by atoms with van der Waals surface area (Å²) < 4.78 is 4.79. The third-order valence-corrected chi connectivity index (χ3v) is 1.95. The van der Waals surface area contributed by atoms with Crippen LogP contribution in [-0.2, 0) is 9.53 Å². The fourth-order valence-electron chi connectivity index (χ4n) is 1.37. The Bertz CT molecular complexity index is 213. The van der Waals surface area contributed by atoms with Crippen LogP contribution >= 0.6 is 0 Å². The second kappa shape index (κ2) is 4.11. The lowest BCUT2D eigenvalue weighted by atomic mass is 9.88. The molecule has 0 bridgehead atoms. The van der Waals surface area contributed by atoms with E-state index in [0.717, 1.165) is 0 Å². The average molecular weight is 188 g/mol. The van der Waals surface area contributed by atoms with E-state index in [2.05, 4.69) is 0 Å². The monoisotopic (exact) mass is 188 g/mol. The van der Waals surface area contributed by atoms with Crippen LogP contribution in [0.15, 0.2) is 0 Å². The highest BCUT2D eigenvalue weighted by Gasteiger charge is 2.35.